The lowest BCUT2D eigenvalue weighted by Gasteiger charge is -2.27. The second-order valence-electron chi connectivity index (χ2n) is 4.99. The summed E-state index contributed by atoms with van der Waals surface area (Å²) >= 11 is 5.98. The van der Waals surface area contributed by atoms with Crippen molar-refractivity contribution in [3.05, 3.63) is 23.2 Å². The highest BCUT2D eigenvalue weighted by Gasteiger charge is 2.15. The Balaban J connectivity index is 2.81. The van der Waals surface area contributed by atoms with Gasteiger partial charge in [-0.15, -0.1) is 0 Å². The summed E-state index contributed by atoms with van der Waals surface area (Å²) in [5.74, 6) is 0.524. The van der Waals surface area contributed by atoms with Gasteiger partial charge < -0.3 is 16.0 Å². The lowest BCUT2D eigenvalue weighted by atomic mass is 10.0. The van der Waals surface area contributed by atoms with E-state index in [2.05, 4.69) is 38.2 Å². The van der Waals surface area contributed by atoms with Crippen LogP contribution in [0.25, 0.3) is 0 Å². The van der Waals surface area contributed by atoms with Crippen LogP contribution in [0.1, 0.15) is 13.8 Å². The van der Waals surface area contributed by atoms with Gasteiger partial charge in [-0.3, -0.25) is 0 Å². The van der Waals surface area contributed by atoms with Gasteiger partial charge in [0.15, 0.2) is 0 Å². The predicted molar refractivity (Wildman–Crippen MR) is 76.7 cm³/mol. The van der Waals surface area contributed by atoms with Crippen LogP contribution < -0.4 is 11.1 Å². The van der Waals surface area contributed by atoms with Gasteiger partial charge >= 0.3 is 0 Å². The van der Waals surface area contributed by atoms with Crippen molar-refractivity contribution in [2.75, 3.05) is 31.7 Å². The lowest BCUT2D eigenvalue weighted by Crippen LogP contribution is -2.36. The Kier molecular flexibility index (Phi) is 5.09. The van der Waals surface area contributed by atoms with Crippen LogP contribution in [0.3, 0.4) is 0 Å². The Morgan fingerprint density at radius 2 is 2.00 bits per heavy atom. The number of benzene rings is 1. The number of nitrogens with one attached hydrogen (secondary N) is 1. The van der Waals surface area contributed by atoms with Crippen LogP contribution in [0.5, 0.6) is 0 Å². The van der Waals surface area contributed by atoms with E-state index in [1.807, 2.05) is 12.1 Å². The molecule has 1 unspecified atom stereocenters. The second-order valence-corrected chi connectivity index (χ2v) is 5.43. The van der Waals surface area contributed by atoms with Gasteiger partial charge in [0.1, 0.15) is 0 Å². The fourth-order valence-corrected chi connectivity index (χ4v) is 1.84. The molecule has 17 heavy (non-hydrogen) atoms. The van der Waals surface area contributed by atoms with Crippen molar-refractivity contribution < 1.29 is 0 Å². The number of nitrogen functional groups attached to an aromatic ring is 1. The van der Waals surface area contributed by atoms with Crippen LogP contribution >= 0.6 is 11.6 Å². The Morgan fingerprint density at radius 3 is 2.53 bits per heavy atom. The predicted octanol–water partition coefficient (Wildman–Crippen LogP) is 2.92. The summed E-state index contributed by atoms with van der Waals surface area (Å²) < 4.78 is 0. The molecule has 1 rings (SSSR count). The minimum absolute atomic E-state index is 0.353. The van der Waals surface area contributed by atoms with Crippen LogP contribution in [0.15, 0.2) is 18.2 Å². The molecule has 0 saturated carbocycles. The van der Waals surface area contributed by atoms with Crippen LogP contribution in [0, 0.1) is 5.92 Å². The van der Waals surface area contributed by atoms with E-state index in [1.54, 1.807) is 6.07 Å². The normalized spacial score (nSPS) is 13.1. The highest BCUT2D eigenvalue weighted by atomic mass is 35.5. The van der Waals surface area contributed by atoms with E-state index in [0.29, 0.717) is 17.0 Å². The molecule has 0 saturated heterocycles. The van der Waals surface area contributed by atoms with Crippen LogP contribution in [0.4, 0.5) is 11.4 Å². The average molecular weight is 256 g/mol. The number of rotatable bonds is 5. The lowest BCUT2D eigenvalue weighted by molar-refractivity contribution is 0.344. The standard InChI is InChI=1S/C13H22ClN3/c1-9(2)13(8-17(3)4)16-12-7-10(14)5-6-11(12)15/h5-7,9,13,16H,8,15H2,1-4H3. The summed E-state index contributed by atoms with van der Waals surface area (Å²) in [7, 11) is 4.14. The summed E-state index contributed by atoms with van der Waals surface area (Å²) in [5.41, 5.74) is 7.58. The number of nitrogens with zero attached hydrogens (tertiary/aromatic N) is 1. The van der Waals surface area contributed by atoms with Crippen molar-refractivity contribution >= 4 is 23.0 Å². The fraction of sp³-hybridized carbons (Fsp3) is 0.538. The quantitative estimate of drug-likeness (QED) is 0.795. The molecule has 0 heterocycles. The maximum absolute atomic E-state index is 5.98. The van der Waals surface area contributed by atoms with Crippen molar-refractivity contribution in [2.24, 2.45) is 5.92 Å². The third kappa shape index (κ3) is 4.44. The third-order valence-electron chi connectivity index (χ3n) is 2.72. The summed E-state index contributed by atoms with van der Waals surface area (Å²) in [6.07, 6.45) is 0. The maximum Gasteiger partial charge on any atom is 0.0591 e. The van der Waals surface area contributed by atoms with E-state index in [1.165, 1.54) is 0 Å². The number of nitrogens with two attached hydrogens (primary N) is 1. The number of halogens is 1. The molecule has 1 atom stereocenters. The molecule has 0 amide bonds. The minimum Gasteiger partial charge on any atom is -0.397 e. The summed E-state index contributed by atoms with van der Waals surface area (Å²) in [6, 6.07) is 5.86. The Labute approximate surface area is 109 Å². The van der Waals surface area contributed by atoms with Gasteiger partial charge in [-0.1, -0.05) is 25.4 Å². The first-order chi connectivity index (χ1) is 7.90. The van der Waals surface area contributed by atoms with Gasteiger partial charge in [-0.05, 0) is 38.2 Å². The number of hydrogen-bond acceptors (Lipinski definition) is 3. The van der Waals surface area contributed by atoms with Crippen molar-refractivity contribution in [3.63, 3.8) is 0 Å². The van der Waals surface area contributed by atoms with E-state index in [4.69, 9.17) is 17.3 Å². The first-order valence-corrected chi connectivity index (χ1v) is 6.24. The van der Waals surface area contributed by atoms with Gasteiger partial charge in [0.25, 0.3) is 0 Å². The van der Waals surface area contributed by atoms with Gasteiger partial charge in [0.2, 0.25) is 0 Å². The van der Waals surface area contributed by atoms with E-state index in [0.717, 1.165) is 17.9 Å². The van der Waals surface area contributed by atoms with E-state index >= 15 is 0 Å². The van der Waals surface area contributed by atoms with Crippen LogP contribution in [-0.4, -0.2) is 31.6 Å². The van der Waals surface area contributed by atoms with Gasteiger partial charge in [-0.25, -0.2) is 0 Å². The number of likely N-dealkylation sites (N-methyl/N-ethyl adjacent to an activating group) is 1. The molecular weight excluding hydrogens is 234 g/mol. The Hall–Kier alpha value is -0.930. The largest absolute Gasteiger partial charge is 0.397 e. The monoisotopic (exact) mass is 255 g/mol. The van der Waals surface area contributed by atoms with Crippen molar-refractivity contribution in [1.82, 2.24) is 4.90 Å². The smallest absolute Gasteiger partial charge is 0.0591 e. The first-order valence-electron chi connectivity index (χ1n) is 5.86. The molecule has 96 valence electrons. The number of anilines is 2. The fourth-order valence-electron chi connectivity index (χ4n) is 1.67. The highest BCUT2D eigenvalue weighted by molar-refractivity contribution is 6.31. The molecule has 0 spiro atoms. The van der Waals surface area contributed by atoms with Crippen molar-refractivity contribution in [2.45, 2.75) is 19.9 Å². The Bertz CT molecular complexity index is 364. The van der Waals surface area contributed by atoms with E-state index in [-0.39, 0.29) is 0 Å². The molecule has 0 radical (unpaired) electrons. The molecule has 1 aromatic carbocycles. The van der Waals surface area contributed by atoms with Crippen LogP contribution in [-0.2, 0) is 0 Å². The van der Waals surface area contributed by atoms with E-state index in [9.17, 15) is 0 Å². The second kappa shape index (κ2) is 6.12. The molecule has 0 aromatic heterocycles. The van der Waals surface area contributed by atoms with Gasteiger partial charge in [0.05, 0.1) is 11.4 Å². The highest BCUT2D eigenvalue weighted by Crippen LogP contribution is 2.24. The topological polar surface area (TPSA) is 41.3 Å². The van der Waals surface area contributed by atoms with Crippen molar-refractivity contribution in [1.29, 1.82) is 0 Å². The number of hydrogen-bond donors (Lipinski definition) is 2. The van der Waals surface area contributed by atoms with Crippen molar-refractivity contribution in [3.8, 4) is 0 Å². The third-order valence-corrected chi connectivity index (χ3v) is 2.96. The summed E-state index contributed by atoms with van der Waals surface area (Å²) in [4.78, 5) is 2.17. The molecule has 3 N–H and O–H groups in total. The minimum atomic E-state index is 0.353. The summed E-state index contributed by atoms with van der Waals surface area (Å²) in [5, 5.41) is 4.17. The molecule has 4 heteroatoms. The first kappa shape index (κ1) is 14.1. The maximum atomic E-state index is 5.98. The molecule has 1 aromatic rings. The SMILES string of the molecule is CC(C)C(CN(C)C)Nc1cc(Cl)ccc1N. The van der Waals surface area contributed by atoms with Crippen LogP contribution in [0.2, 0.25) is 5.02 Å². The van der Waals surface area contributed by atoms with Gasteiger partial charge in [0, 0.05) is 17.6 Å². The molecule has 0 aliphatic heterocycles. The van der Waals surface area contributed by atoms with E-state index < -0.39 is 0 Å². The molecular formula is C13H22ClN3. The van der Waals surface area contributed by atoms with Gasteiger partial charge in [-0.2, -0.15) is 0 Å². The zero-order valence-corrected chi connectivity index (χ0v) is 11.8. The average Bonchev–Trinajstić information content (AvgIpc) is 2.21. The molecule has 0 aliphatic carbocycles. The summed E-state index contributed by atoms with van der Waals surface area (Å²) in [6.45, 7) is 5.35. The molecule has 0 bridgehead atoms. The zero-order chi connectivity index (χ0) is 13.0. The zero-order valence-electron chi connectivity index (χ0n) is 11.0. The molecule has 3 nitrogen and oxygen atoms in total. The molecule has 0 fully saturated rings. The molecule has 0 aliphatic rings. The Morgan fingerprint density at radius 1 is 1.35 bits per heavy atom.